The number of thiophene rings is 1. The maximum Gasteiger partial charge on any atom is 0.263 e. The Labute approximate surface area is 174 Å². The van der Waals surface area contributed by atoms with Crippen LogP contribution in [0.2, 0.25) is 0 Å². The number of amides is 1. The number of carbonyl (C=O) groups is 1. The summed E-state index contributed by atoms with van der Waals surface area (Å²) >= 11 is 2.87. The minimum absolute atomic E-state index is 0.0518. The number of rotatable bonds is 7. The number of carbonyl (C=O) groups excluding carboxylic acids is 1. The van der Waals surface area contributed by atoms with Gasteiger partial charge in [-0.1, -0.05) is 23.9 Å². The van der Waals surface area contributed by atoms with Gasteiger partial charge in [0.05, 0.1) is 11.1 Å². The average molecular weight is 418 g/mol. The molecule has 3 rings (SSSR count). The zero-order valence-electron chi connectivity index (χ0n) is 16.8. The second-order valence-electron chi connectivity index (χ2n) is 6.93. The zero-order chi connectivity index (χ0) is 20.3. The van der Waals surface area contributed by atoms with Crippen molar-refractivity contribution in [3.63, 3.8) is 0 Å². The molecule has 0 saturated heterocycles. The van der Waals surface area contributed by atoms with Crippen molar-refractivity contribution in [3.05, 3.63) is 45.2 Å². The van der Waals surface area contributed by atoms with Gasteiger partial charge in [-0.15, -0.1) is 17.9 Å². The lowest BCUT2D eigenvalue weighted by molar-refractivity contribution is -0.126. The van der Waals surface area contributed by atoms with E-state index < -0.39 is 0 Å². The van der Waals surface area contributed by atoms with Gasteiger partial charge in [0.1, 0.15) is 4.83 Å². The van der Waals surface area contributed by atoms with Crippen LogP contribution in [-0.4, -0.2) is 32.7 Å². The van der Waals surface area contributed by atoms with Gasteiger partial charge < -0.3 is 4.90 Å². The van der Waals surface area contributed by atoms with Crippen LogP contribution in [0.3, 0.4) is 0 Å². The summed E-state index contributed by atoms with van der Waals surface area (Å²) < 4.78 is 1.63. The van der Waals surface area contributed by atoms with Crippen molar-refractivity contribution in [1.82, 2.24) is 14.5 Å². The van der Waals surface area contributed by atoms with E-state index in [9.17, 15) is 9.59 Å². The maximum atomic E-state index is 13.0. The van der Waals surface area contributed by atoms with Crippen molar-refractivity contribution in [1.29, 1.82) is 0 Å². The van der Waals surface area contributed by atoms with Crippen LogP contribution in [0.15, 0.2) is 34.4 Å². The molecule has 0 radical (unpaired) electrons. The Morgan fingerprint density at radius 1 is 1.43 bits per heavy atom. The van der Waals surface area contributed by atoms with Crippen molar-refractivity contribution in [2.45, 2.75) is 58.2 Å². The van der Waals surface area contributed by atoms with Gasteiger partial charge in [-0.2, -0.15) is 0 Å². The van der Waals surface area contributed by atoms with E-state index >= 15 is 0 Å². The molecule has 0 atom stereocenters. The van der Waals surface area contributed by atoms with Crippen LogP contribution in [-0.2, 0) is 11.3 Å². The highest BCUT2D eigenvalue weighted by atomic mass is 32.2. The number of aryl methyl sites for hydroxylation is 2. The van der Waals surface area contributed by atoms with Gasteiger partial charge in [0.25, 0.3) is 5.56 Å². The summed E-state index contributed by atoms with van der Waals surface area (Å²) in [6.07, 6.45) is 8.22. The molecule has 0 fully saturated rings. The molecular formula is C21H27N3O2S2. The zero-order valence-corrected chi connectivity index (χ0v) is 18.4. The summed E-state index contributed by atoms with van der Waals surface area (Å²) in [5, 5.41) is 1.27. The Bertz CT molecular complexity index is 988. The third-order valence-corrected chi connectivity index (χ3v) is 7.18. The number of hydrogen-bond donors (Lipinski definition) is 0. The first-order chi connectivity index (χ1) is 13.5. The fourth-order valence-corrected chi connectivity index (χ4v) is 5.47. The fourth-order valence-electron chi connectivity index (χ4n) is 3.52. The number of thioether (sulfide) groups is 1. The summed E-state index contributed by atoms with van der Waals surface area (Å²) in [6.45, 7) is 10.8. The molecule has 1 amide bonds. The van der Waals surface area contributed by atoms with E-state index in [1.165, 1.54) is 29.5 Å². The Morgan fingerprint density at radius 3 is 2.86 bits per heavy atom. The average Bonchev–Trinajstić information content (AvgIpc) is 2.98. The molecule has 0 N–H and O–H groups in total. The van der Waals surface area contributed by atoms with Crippen LogP contribution in [0.1, 0.15) is 43.0 Å². The lowest BCUT2D eigenvalue weighted by atomic mass is 10.0. The van der Waals surface area contributed by atoms with Gasteiger partial charge >= 0.3 is 0 Å². The van der Waals surface area contributed by atoms with Crippen molar-refractivity contribution in [2.24, 2.45) is 0 Å². The first-order valence-electron chi connectivity index (χ1n) is 9.71. The largest absolute Gasteiger partial charge is 0.316 e. The van der Waals surface area contributed by atoms with E-state index in [4.69, 9.17) is 4.98 Å². The van der Waals surface area contributed by atoms with E-state index in [-0.39, 0.29) is 17.2 Å². The molecule has 1 aliphatic rings. The smallest absolute Gasteiger partial charge is 0.263 e. The van der Waals surface area contributed by atoms with Gasteiger partial charge in [0, 0.05) is 23.7 Å². The molecule has 0 unspecified atom stereocenters. The third-order valence-electron chi connectivity index (χ3n) is 5.12. The Kier molecular flexibility index (Phi) is 6.78. The number of nitrogens with zero attached hydrogens (tertiary/aromatic N) is 3. The minimum atomic E-state index is -0.0518. The predicted molar refractivity (Wildman–Crippen MR) is 118 cm³/mol. The van der Waals surface area contributed by atoms with Gasteiger partial charge in [-0.3, -0.25) is 14.2 Å². The van der Waals surface area contributed by atoms with Gasteiger partial charge in [-0.05, 0) is 52.0 Å². The fraction of sp³-hybridized carbons (Fsp3) is 0.476. The molecule has 2 heterocycles. The third kappa shape index (κ3) is 4.10. The highest BCUT2D eigenvalue weighted by Gasteiger charge is 2.21. The molecule has 0 bridgehead atoms. The number of hydrogen-bond acceptors (Lipinski definition) is 5. The molecular weight excluding hydrogens is 390 g/mol. The van der Waals surface area contributed by atoms with Crippen LogP contribution in [0.5, 0.6) is 0 Å². The van der Waals surface area contributed by atoms with Crippen molar-refractivity contribution < 1.29 is 4.79 Å². The van der Waals surface area contributed by atoms with Crippen LogP contribution in [0.25, 0.3) is 10.2 Å². The minimum Gasteiger partial charge on any atom is -0.316 e. The first-order valence-corrected chi connectivity index (χ1v) is 11.5. The maximum absolute atomic E-state index is 13.0. The number of allylic oxidation sites excluding steroid dienone is 3. The molecule has 0 aromatic carbocycles. The van der Waals surface area contributed by atoms with E-state index in [0.29, 0.717) is 23.6 Å². The molecule has 2 aromatic rings. The second kappa shape index (κ2) is 9.09. The lowest BCUT2D eigenvalue weighted by Crippen LogP contribution is -2.32. The SMILES string of the molecule is C=CCn1c(SCC(=O)N(CC)C2=CCCCC2)nc2sc(C)c(C)c2c1=O. The summed E-state index contributed by atoms with van der Waals surface area (Å²) in [6, 6.07) is 0. The molecule has 7 heteroatoms. The van der Waals surface area contributed by atoms with Crippen LogP contribution >= 0.6 is 23.1 Å². The summed E-state index contributed by atoms with van der Waals surface area (Å²) in [7, 11) is 0. The van der Waals surface area contributed by atoms with E-state index in [0.717, 1.165) is 40.2 Å². The van der Waals surface area contributed by atoms with Gasteiger partial charge in [0.2, 0.25) is 5.91 Å². The summed E-state index contributed by atoms with van der Waals surface area (Å²) in [5.74, 6) is 0.336. The van der Waals surface area contributed by atoms with Gasteiger partial charge in [-0.25, -0.2) is 4.98 Å². The topological polar surface area (TPSA) is 55.2 Å². The molecule has 28 heavy (non-hydrogen) atoms. The highest BCUT2D eigenvalue weighted by molar-refractivity contribution is 7.99. The normalized spacial score (nSPS) is 14.2. The molecule has 0 spiro atoms. The van der Waals surface area contributed by atoms with E-state index in [2.05, 4.69) is 12.7 Å². The molecule has 2 aromatic heterocycles. The second-order valence-corrected chi connectivity index (χ2v) is 9.08. The van der Waals surface area contributed by atoms with Gasteiger partial charge in [0.15, 0.2) is 5.16 Å². The van der Waals surface area contributed by atoms with Crippen LogP contribution in [0, 0.1) is 13.8 Å². The molecule has 150 valence electrons. The monoisotopic (exact) mass is 417 g/mol. The summed E-state index contributed by atoms with van der Waals surface area (Å²) in [4.78, 5) is 34.3. The standard InChI is InChI=1S/C21H27N3O2S2/c1-5-12-24-20(26)18-14(3)15(4)28-19(18)22-21(24)27-13-17(25)23(6-2)16-10-8-7-9-11-16/h5,10H,1,6-9,11-13H2,2-4H3. The first kappa shape index (κ1) is 20.9. The molecule has 5 nitrogen and oxygen atoms in total. The molecule has 0 aliphatic heterocycles. The quantitative estimate of drug-likeness (QED) is 0.373. The van der Waals surface area contributed by atoms with Crippen molar-refractivity contribution >= 4 is 39.2 Å². The summed E-state index contributed by atoms with van der Waals surface area (Å²) in [5.41, 5.74) is 2.07. The van der Waals surface area contributed by atoms with Crippen LogP contribution < -0.4 is 5.56 Å². The lowest BCUT2D eigenvalue weighted by Gasteiger charge is -2.26. The molecule has 0 saturated carbocycles. The Hall–Kier alpha value is -1.86. The molecule has 1 aliphatic carbocycles. The Morgan fingerprint density at radius 2 is 2.21 bits per heavy atom. The highest BCUT2D eigenvalue weighted by Crippen LogP contribution is 2.29. The van der Waals surface area contributed by atoms with E-state index in [1.807, 2.05) is 25.7 Å². The predicted octanol–water partition coefficient (Wildman–Crippen LogP) is 4.66. The van der Waals surface area contributed by atoms with Crippen LogP contribution in [0.4, 0.5) is 0 Å². The van der Waals surface area contributed by atoms with Crippen molar-refractivity contribution in [3.8, 4) is 0 Å². The van der Waals surface area contributed by atoms with Crippen molar-refractivity contribution in [2.75, 3.05) is 12.3 Å². The number of fused-ring (bicyclic) bond motifs is 1. The Balaban J connectivity index is 1.87. The number of aromatic nitrogens is 2. The van der Waals surface area contributed by atoms with E-state index in [1.54, 1.807) is 10.6 Å².